The largest absolute Gasteiger partial charge is 0.337 e. The third kappa shape index (κ3) is 2.65. The van der Waals surface area contributed by atoms with Crippen molar-refractivity contribution in [2.24, 2.45) is 0 Å². The fraction of sp³-hybridized carbons (Fsp3) is 0.846. The number of piperidine rings is 1. The Hall–Kier alpha value is -0.730. The second-order valence-electron chi connectivity index (χ2n) is 5.63. The van der Waals surface area contributed by atoms with Crippen LogP contribution >= 0.6 is 11.8 Å². The SMILES string of the molecule is CN1CCC(C#N)(NC(=O)C2(C)CCCS2)CC1. The molecule has 0 aromatic carbocycles. The molecule has 1 unspecified atom stereocenters. The minimum atomic E-state index is -0.643. The van der Waals surface area contributed by atoms with E-state index < -0.39 is 5.54 Å². The van der Waals surface area contributed by atoms with E-state index >= 15 is 0 Å². The highest BCUT2D eigenvalue weighted by atomic mass is 32.2. The molecule has 2 fully saturated rings. The molecule has 18 heavy (non-hydrogen) atoms. The lowest BCUT2D eigenvalue weighted by molar-refractivity contribution is -0.124. The third-order valence-corrected chi connectivity index (χ3v) is 5.63. The van der Waals surface area contributed by atoms with Crippen LogP contribution in [-0.2, 0) is 4.79 Å². The van der Waals surface area contributed by atoms with E-state index in [2.05, 4.69) is 23.3 Å². The number of rotatable bonds is 2. The second-order valence-corrected chi connectivity index (χ2v) is 7.23. The fourth-order valence-corrected chi connectivity index (χ4v) is 3.78. The summed E-state index contributed by atoms with van der Waals surface area (Å²) < 4.78 is -0.326. The number of carbonyl (C=O) groups excluding carboxylic acids is 1. The lowest BCUT2D eigenvalue weighted by Gasteiger charge is -2.37. The molecule has 0 spiro atoms. The molecular formula is C13H21N3OS. The Kier molecular flexibility index (Phi) is 3.88. The maximum absolute atomic E-state index is 12.4. The molecule has 2 saturated heterocycles. The summed E-state index contributed by atoms with van der Waals surface area (Å²) in [6.07, 6.45) is 3.47. The average molecular weight is 267 g/mol. The zero-order chi connectivity index (χ0) is 13.2. The van der Waals surface area contributed by atoms with Gasteiger partial charge in [-0.3, -0.25) is 4.79 Å². The van der Waals surface area contributed by atoms with Crippen LogP contribution in [0.3, 0.4) is 0 Å². The zero-order valence-corrected chi connectivity index (χ0v) is 12.0. The van der Waals surface area contributed by atoms with Gasteiger partial charge in [0.2, 0.25) is 5.91 Å². The number of hydrogen-bond acceptors (Lipinski definition) is 4. The van der Waals surface area contributed by atoms with Crippen molar-refractivity contribution in [1.29, 1.82) is 5.26 Å². The molecule has 0 aliphatic carbocycles. The number of thioether (sulfide) groups is 1. The first-order chi connectivity index (χ1) is 8.50. The van der Waals surface area contributed by atoms with Gasteiger partial charge in [-0.25, -0.2) is 0 Å². The molecule has 1 N–H and O–H groups in total. The highest BCUT2D eigenvalue weighted by molar-refractivity contribution is 8.01. The molecule has 1 amide bonds. The minimum absolute atomic E-state index is 0.0519. The van der Waals surface area contributed by atoms with Crippen LogP contribution in [-0.4, -0.2) is 47.0 Å². The predicted molar refractivity (Wildman–Crippen MR) is 73.3 cm³/mol. The molecule has 4 nitrogen and oxygen atoms in total. The van der Waals surface area contributed by atoms with Gasteiger partial charge in [0, 0.05) is 13.1 Å². The number of hydrogen-bond donors (Lipinski definition) is 1. The molecule has 0 aromatic heterocycles. The second kappa shape index (κ2) is 5.10. The van der Waals surface area contributed by atoms with Crippen molar-refractivity contribution in [2.45, 2.75) is 42.9 Å². The summed E-state index contributed by atoms with van der Waals surface area (Å²) in [7, 11) is 2.05. The Morgan fingerprint density at radius 2 is 2.06 bits per heavy atom. The van der Waals surface area contributed by atoms with Crippen molar-refractivity contribution >= 4 is 17.7 Å². The van der Waals surface area contributed by atoms with Gasteiger partial charge in [0.15, 0.2) is 0 Å². The minimum Gasteiger partial charge on any atom is -0.337 e. The number of nitrogens with one attached hydrogen (secondary N) is 1. The van der Waals surface area contributed by atoms with E-state index in [4.69, 9.17) is 0 Å². The maximum Gasteiger partial charge on any atom is 0.237 e. The van der Waals surface area contributed by atoms with Gasteiger partial charge in [0.25, 0.3) is 0 Å². The molecule has 100 valence electrons. The molecule has 0 radical (unpaired) electrons. The molecule has 0 saturated carbocycles. The van der Waals surface area contributed by atoms with Crippen LogP contribution in [0.1, 0.15) is 32.6 Å². The lowest BCUT2D eigenvalue weighted by Crippen LogP contribution is -2.57. The zero-order valence-electron chi connectivity index (χ0n) is 11.2. The molecular weight excluding hydrogens is 246 g/mol. The van der Waals surface area contributed by atoms with Crippen molar-refractivity contribution in [3.63, 3.8) is 0 Å². The molecule has 2 heterocycles. The van der Waals surface area contributed by atoms with Gasteiger partial charge >= 0.3 is 0 Å². The first-order valence-electron chi connectivity index (χ1n) is 6.56. The van der Waals surface area contributed by atoms with Crippen LogP contribution in [0, 0.1) is 11.3 Å². The Morgan fingerprint density at radius 3 is 2.56 bits per heavy atom. The highest BCUT2D eigenvalue weighted by Crippen LogP contribution is 2.38. The van der Waals surface area contributed by atoms with Gasteiger partial charge in [-0.1, -0.05) is 0 Å². The van der Waals surface area contributed by atoms with E-state index in [0.717, 1.165) is 44.5 Å². The van der Waals surface area contributed by atoms with Crippen molar-refractivity contribution in [1.82, 2.24) is 10.2 Å². The molecule has 5 heteroatoms. The van der Waals surface area contributed by atoms with E-state index in [1.807, 2.05) is 6.92 Å². The summed E-state index contributed by atoms with van der Waals surface area (Å²) in [5.74, 6) is 1.10. The Labute approximate surface area is 113 Å². The first-order valence-corrected chi connectivity index (χ1v) is 7.55. The topological polar surface area (TPSA) is 56.1 Å². The molecule has 2 aliphatic heterocycles. The van der Waals surface area contributed by atoms with Crippen LogP contribution in [0.15, 0.2) is 0 Å². The Balaban J connectivity index is 2.02. The summed E-state index contributed by atoms with van der Waals surface area (Å²) in [5, 5.41) is 12.5. The summed E-state index contributed by atoms with van der Waals surface area (Å²) in [6, 6.07) is 2.34. The van der Waals surface area contributed by atoms with Crippen LogP contribution in [0.4, 0.5) is 0 Å². The average Bonchev–Trinajstić information content (AvgIpc) is 2.81. The Morgan fingerprint density at radius 1 is 1.39 bits per heavy atom. The van der Waals surface area contributed by atoms with Crippen molar-refractivity contribution < 1.29 is 4.79 Å². The monoisotopic (exact) mass is 267 g/mol. The van der Waals surface area contributed by atoms with Gasteiger partial charge in [-0.05, 0) is 45.4 Å². The van der Waals surface area contributed by atoms with Crippen molar-refractivity contribution in [3.05, 3.63) is 0 Å². The van der Waals surface area contributed by atoms with E-state index in [-0.39, 0.29) is 10.7 Å². The maximum atomic E-state index is 12.4. The molecule has 2 rings (SSSR count). The highest BCUT2D eigenvalue weighted by Gasteiger charge is 2.43. The summed E-state index contributed by atoms with van der Waals surface area (Å²) >= 11 is 1.72. The molecule has 0 bridgehead atoms. The lowest BCUT2D eigenvalue weighted by atomic mass is 9.88. The van der Waals surface area contributed by atoms with Crippen LogP contribution in [0.25, 0.3) is 0 Å². The smallest absolute Gasteiger partial charge is 0.237 e. The fourth-order valence-electron chi connectivity index (χ4n) is 2.57. The van der Waals surface area contributed by atoms with E-state index in [9.17, 15) is 10.1 Å². The summed E-state index contributed by atoms with van der Waals surface area (Å²) in [4.78, 5) is 14.6. The number of nitriles is 1. The van der Waals surface area contributed by atoms with Gasteiger partial charge < -0.3 is 10.2 Å². The van der Waals surface area contributed by atoms with Gasteiger partial charge in [0.05, 0.1) is 10.8 Å². The van der Waals surface area contributed by atoms with Crippen LogP contribution in [0.5, 0.6) is 0 Å². The van der Waals surface area contributed by atoms with Crippen molar-refractivity contribution in [2.75, 3.05) is 25.9 Å². The van der Waals surface area contributed by atoms with Gasteiger partial charge in [-0.2, -0.15) is 5.26 Å². The van der Waals surface area contributed by atoms with Crippen molar-refractivity contribution in [3.8, 4) is 6.07 Å². The summed E-state index contributed by atoms with van der Waals surface area (Å²) in [6.45, 7) is 3.75. The van der Waals surface area contributed by atoms with Gasteiger partial charge in [-0.15, -0.1) is 11.8 Å². The number of likely N-dealkylation sites (tertiary alicyclic amines) is 1. The third-order valence-electron chi connectivity index (χ3n) is 4.11. The quantitative estimate of drug-likeness (QED) is 0.821. The van der Waals surface area contributed by atoms with Crippen LogP contribution in [0.2, 0.25) is 0 Å². The Bertz CT molecular complexity index is 363. The first kappa shape index (κ1) is 13.7. The van der Waals surface area contributed by atoms with E-state index in [1.165, 1.54) is 0 Å². The predicted octanol–water partition coefficient (Wildman–Crippen LogP) is 1.38. The molecule has 1 atom stereocenters. The molecule has 0 aromatic rings. The number of carbonyl (C=O) groups is 1. The number of amides is 1. The van der Waals surface area contributed by atoms with Crippen LogP contribution < -0.4 is 5.32 Å². The normalized spacial score (nSPS) is 31.8. The number of nitrogens with zero attached hydrogens (tertiary/aromatic N) is 2. The van der Waals surface area contributed by atoms with E-state index in [0.29, 0.717) is 0 Å². The standard InChI is InChI=1S/C13H21N3OS/c1-12(4-3-9-18-12)11(17)15-13(10-14)5-7-16(2)8-6-13/h3-9H2,1-2H3,(H,15,17). The molecule has 2 aliphatic rings. The van der Waals surface area contributed by atoms with Gasteiger partial charge in [0.1, 0.15) is 5.54 Å². The summed E-state index contributed by atoms with van der Waals surface area (Å²) in [5.41, 5.74) is -0.643. The van der Waals surface area contributed by atoms with E-state index in [1.54, 1.807) is 11.8 Å².